The van der Waals surface area contributed by atoms with E-state index in [1.165, 1.54) is 15.6 Å². The highest BCUT2D eigenvalue weighted by Gasteiger charge is 2.32. The van der Waals surface area contributed by atoms with E-state index < -0.39 is 0 Å². The molecule has 1 saturated carbocycles. The quantitative estimate of drug-likeness (QED) is 0.909. The predicted molar refractivity (Wildman–Crippen MR) is 82.3 cm³/mol. The van der Waals surface area contributed by atoms with E-state index in [0.717, 1.165) is 25.8 Å². The second kappa shape index (κ2) is 6.67. The van der Waals surface area contributed by atoms with Crippen LogP contribution in [-0.4, -0.2) is 12.3 Å². The molecular weight excluding hydrogens is 302 g/mol. The molecule has 1 aliphatic carbocycles. The van der Waals surface area contributed by atoms with Crippen LogP contribution in [0.1, 0.15) is 50.3 Å². The monoisotopic (exact) mass is 323 g/mol. The van der Waals surface area contributed by atoms with Crippen molar-refractivity contribution >= 4 is 21.7 Å². The van der Waals surface area contributed by atoms with Gasteiger partial charge in [0.05, 0.1) is 0 Å². The summed E-state index contributed by atoms with van der Waals surface area (Å²) in [4.78, 5) is 11.9. The first-order chi connectivity index (χ1) is 9.25. The van der Waals surface area contributed by atoms with Crippen molar-refractivity contribution in [3.63, 3.8) is 0 Å². The third kappa shape index (κ3) is 3.46. The van der Waals surface area contributed by atoms with Gasteiger partial charge in [0.1, 0.15) is 5.78 Å². The molecule has 1 aliphatic heterocycles. The van der Waals surface area contributed by atoms with E-state index in [-0.39, 0.29) is 6.04 Å². The first kappa shape index (κ1) is 14.7. The molecule has 2 aliphatic rings. The van der Waals surface area contributed by atoms with Gasteiger partial charge in [0.25, 0.3) is 0 Å². The summed E-state index contributed by atoms with van der Waals surface area (Å²) in [6.07, 6.45) is 3.92. The number of ketones is 1. The number of nitrogens with one attached hydrogen (secondary N) is 1. The van der Waals surface area contributed by atoms with Crippen molar-refractivity contribution in [2.24, 2.45) is 5.92 Å². The van der Waals surface area contributed by atoms with Gasteiger partial charge in [0.15, 0.2) is 0 Å². The molecule has 104 valence electrons. The van der Waals surface area contributed by atoms with Crippen LogP contribution in [0.3, 0.4) is 0 Å². The number of fused-ring (bicyclic) bond motifs is 1. The molecule has 1 fully saturated rings. The fourth-order valence-corrected chi connectivity index (χ4v) is 3.18. The van der Waals surface area contributed by atoms with Crippen molar-refractivity contribution in [2.75, 3.05) is 6.54 Å². The van der Waals surface area contributed by atoms with Crippen LogP contribution in [0.15, 0.2) is 22.7 Å². The van der Waals surface area contributed by atoms with Crippen LogP contribution >= 0.6 is 15.9 Å². The van der Waals surface area contributed by atoms with Gasteiger partial charge in [0, 0.05) is 22.9 Å². The maximum Gasteiger partial charge on any atom is 0.137 e. The van der Waals surface area contributed by atoms with Crippen LogP contribution in [0.5, 0.6) is 0 Å². The van der Waals surface area contributed by atoms with Gasteiger partial charge in [-0.3, -0.25) is 4.79 Å². The maximum atomic E-state index is 11.9. The number of halogens is 1. The molecule has 1 aromatic rings. The summed E-state index contributed by atoms with van der Waals surface area (Å²) in [5.74, 6) is 0.810. The maximum absolute atomic E-state index is 11.9. The van der Waals surface area contributed by atoms with E-state index in [9.17, 15) is 4.79 Å². The Balaban J connectivity index is 0.000000637. The van der Waals surface area contributed by atoms with E-state index >= 15 is 0 Å². The van der Waals surface area contributed by atoms with Crippen molar-refractivity contribution in [1.82, 2.24) is 5.32 Å². The number of carbonyl (C=O) groups excluding carboxylic acids is 1. The van der Waals surface area contributed by atoms with Gasteiger partial charge in [-0.15, -0.1) is 0 Å². The number of Topliss-reactive ketones (excluding diaryl/α,β-unsaturated/α-hetero) is 1. The van der Waals surface area contributed by atoms with Gasteiger partial charge in [-0.25, -0.2) is 0 Å². The molecule has 1 N–H and O–H groups in total. The summed E-state index contributed by atoms with van der Waals surface area (Å²) in [5.41, 5.74) is 2.68. The van der Waals surface area contributed by atoms with E-state index in [1.807, 2.05) is 13.8 Å². The van der Waals surface area contributed by atoms with Crippen LogP contribution in [0.2, 0.25) is 0 Å². The Hall–Kier alpha value is -0.670. The van der Waals surface area contributed by atoms with Crippen molar-refractivity contribution in [3.05, 3.63) is 33.8 Å². The SMILES string of the molecule is CC.O=C(CC1NCCc2c(Br)cccc21)C1CC1. The minimum Gasteiger partial charge on any atom is -0.309 e. The number of hydrogen-bond donors (Lipinski definition) is 1. The summed E-state index contributed by atoms with van der Waals surface area (Å²) in [6, 6.07) is 6.52. The van der Waals surface area contributed by atoms with E-state index in [4.69, 9.17) is 0 Å². The zero-order chi connectivity index (χ0) is 13.8. The normalized spacial score (nSPS) is 21.1. The van der Waals surface area contributed by atoms with Crippen LogP contribution in [0.25, 0.3) is 0 Å². The lowest BCUT2D eigenvalue weighted by Gasteiger charge is -2.27. The summed E-state index contributed by atoms with van der Waals surface area (Å²) < 4.78 is 1.18. The third-order valence-corrected chi connectivity index (χ3v) is 4.48. The van der Waals surface area contributed by atoms with E-state index in [2.05, 4.69) is 39.4 Å². The number of carbonyl (C=O) groups is 1. The lowest BCUT2D eigenvalue weighted by atomic mass is 9.91. The molecule has 0 amide bonds. The second-order valence-corrected chi connectivity index (χ2v) is 5.86. The molecular formula is C16H22BrNO. The van der Waals surface area contributed by atoms with Gasteiger partial charge in [-0.2, -0.15) is 0 Å². The van der Waals surface area contributed by atoms with Crippen molar-refractivity contribution < 1.29 is 4.79 Å². The summed E-state index contributed by atoms with van der Waals surface area (Å²) in [7, 11) is 0. The Bertz CT molecular complexity index is 454. The molecule has 1 unspecified atom stereocenters. The average molecular weight is 324 g/mol. The zero-order valence-electron chi connectivity index (χ0n) is 11.7. The molecule has 0 aromatic heterocycles. The molecule has 0 saturated heterocycles. The number of rotatable bonds is 3. The first-order valence-electron chi connectivity index (χ1n) is 7.29. The lowest BCUT2D eigenvalue weighted by molar-refractivity contribution is -0.120. The van der Waals surface area contributed by atoms with Gasteiger partial charge >= 0.3 is 0 Å². The molecule has 0 bridgehead atoms. The van der Waals surface area contributed by atoms with Crippen LogP contribution in [-0.2, 0) is 11.2 Å². The average Bonchev–Trinajstić information content (AvgIpc) is 3.27. The number of benzene rings is 1. The first-order valence-corrected chi connectivity index (χ1v) is 8.08. The molecule has 2 nitrogen and oxygen atoms in total. The summed E-state index contributed by atoms with van der Waals surface area (Å²) >= 11 is 3.60. The van der Waals surface area contributed by atoms with Gasteiger partial charge in [0.2, 0.25) is 0 Å². The molecule has 19 heavy (non-hydrogen) atoms. The molecule has 1 heterocycles. The van der Waals surface area contributed by atoms with Crippen LogP contribution < -0.4 is 5.32 Å². The standard InChI is InChI=1S/C14H16BrNO.C2H6/c15-12-3-1-2-11-10(12)6-7-16-13(11)8-14(17)9-4-5-9;1-2/h1-3,9,13,16H,4-8H2;1-2H3. The largest absolute Gasteiger partial charge is 0.309 e. The Labute approximate surface area is 124 Å². The Kier molecular flexibility index (Phi) is 5.17. The van der Waals surface area contributed by atoms with E-state index in [1.54, 1.807) is 0 Å². The van der Waals surface area contributed by atoms with Crippen molar-refractivity contribution in [3.8, 4) is 0 Å². The Morgan fingerprint density at radius 3 is 2.79 bits per heavy atom. The van der Waals surface area contributed by atoms with E-state index in [0.29, 0.717) is 18.1 Å². The fourth-order valence-electron chi connectivity index (χ4n) is 2.60. The van der Waals surface area contributed by atoms with Gasteiger partial charge < -0.3 is 5.32 Å². The van der Waals surface area contributed by atoms with Gasteiger partial charge in [-0.05, 0) is 43.0 Å². The van der Waals surface area contributed by atoms with Gasteiger partial charge in [-0.1, -0.05) is 41.9 Å². The van der Waals surface area contributed by atoms with Crippen molar-refractivity contribution in [1.29, 1.82) is 0 Å². The predicted octanol–water partition coefficient (Wildman–Crippen LogP) is 4.03. The molecule has 3 rings (SSSR count). The minimum absolute atomic E-state index is 0.226. The minimum atomic E-state index is 0.226. The topological polar surface area (TPSA) is 29.1 Å². The summed E-state index contributed by atoms with van der Waals surface area (Å²) in [6.45, 7) is 4.97. The fraction of sp³-hybridized carbons (Fsp3) is 0.562. The zero-order valence-corrected chi connectivity index (χ0v) is 13.3. The van der Waals surface area contributed by atoms with Crippen LogP contribution in [0.4, 0.5) is 0 Å². The number of hydrogen-bond acceptors (Lipinski definition) is 2. The molecule has 0 spiro atoms. The third-order valence-electron chi connectivity index (χ3n) is 3.73. The Morgan fingerprint density at radius 1 is 1.37 bits per heavy atom. The second-order valence-electron chi connectivity index (χ2n) is 5.01. The Morgan fingerprint density at radius 2 is 2.11 bits per heavy atom. The highest BCUT2D eigenvalue weighted by atomic mass is 79.9. The summed E-state index contributed by atoms with van der Waals surface area (Å²) in [5, 5.41) is 3.47. The highest BCUT2D eigenvalue weighted by Crippen LogP contribution is 2.36. The smallest absolute Gasteiger partial charge is 0.137 e. The molecule has 1 aromatic carbocycles. The molecule has 0 radical (unpaired) electrons. The van der Waals surface area contributed by atoms with Crippen LogP contribution in [0, 0.1) is 5.92 Å². The molecule has 3 heteroatoms. The molecule has 1 atom stereocenters. The lowest BCUT2D eigenvalue weighted by Crippen LogP contribution is -2.31. The highest BCUT2D eigenvalue weighted by molar-refractivity contribution is 9.10. The van der Waals surface area contributed by atoms with Crippen molar-refractivity contribution in [2.45, 2.75) is 45.6 Å².